The van der Waals surface area contributed by atoms with E-state index in [9.17, 15) is 14.9 Å². The zero-order chi connectivity index (χ0) is 24.0. The van der Waals surface area contributed by atoms with Gasteiger partial charge in [-0.1, -0.05) is 29.3 Å². The number of amides is 1. The minimum atomic E-state index is -0.648. The summed E-state index contributed by atoms with van der Waals surface area (Å²) < 4.78 is 11.6. The second-order valence-electron chi connectivity index (χ2n) is 6.56. The van der Waals surface area contributed by atoms with Crippen molar-refractivity contribution in [3.8, 4) is 11.5 Å². The van der Waals surface area contributed by atoms with Crippen LogP contribution < -0.4 is 14.9 Å². The number of non-ortho nitro benzene ring substituents is 1. The predicted octanol–water partition coefficient (Wildman–Crippen LogP) is 6.02. The van der Waals surface area contributed by atoms with Gasteiger partial charge in [0.15, 0.2) is 0 Å². The minimum absolute atomic E-state index is 0.00496. The Morgan fingerprint density at radius 3 is 2.58 bits per heavy atom. The fourth-order valence-corrected chi connectivity index (χ4v) is 3.70. The fraction of sp³-hybridized carbons (Fsp3) is 0.0909. The number of nitrogens with one attached hydrogen (secondary N) is 1. The van der Waals surface area contributed by atoms with Crippen molar-refractivity contribution in [3.63, 3.8) is 0 Å². The van der Waals surface area contributed by atoms with Crippen molar-refractivity contribution >= 4 is 56.9 Å². The second-order valence-corrected chi connectivity index (χ2v) is 8.25. The number of benzene rings is 3. The average Bonchev–Trinajstić information content (AvgIpc) is 2.79. The van der Waals surface area contributed by atoms with Gasteiger partial charge in [-0.15, -0.1) is 0 Å². The maximum atomic E-state index is 12.4. The first-order valence-corrected chi connectivity index (χ1v) is 10.9. The van der Waals surface area contributed by atoms with Crippen LogP contribution in [0.25, 0.3) is 0 Å². The lowest BCUT2D eigenvalue weighted by molar-refractivity contribution is -0.384. The van der Waals surface area contributed by atoms with Crippen LogP contribution in [0.3, 0.4) is 0 Å². The van der Waals surface area contributed by atoms with E-state index in [1.54, 1.807) is 36.4 Å². The van der Waals surface area contributed by atoms with Gasteiger partial charge < -0.3 is 9.47 Å². The van der Waals surface area contributed by atoms with Gasteiger partial charge in [0.05, 0.1) is 28.3 Å². The Hall–Kier alpha value is -3.14. The van der Waals surface area contributed by atoms with Crippen LogP contribution in [0.15, 0.2) is 64.2 Å². The molecule has 0 aliphatic carbocycles. The van der Waals surface area contributed by atoms with Crippen molar-refractivity contribution in [3.05, 3.63) is 95.9 Å². The first kappa shape index (κ1) is 24.5. The van der Waals surface area contributed by atoms with Crippen LogP contribution in [0.4, 0.5) is 5.69 Å². The number of nitrogens with zero attached hydrogens (tertiary/aromatic N) is 2. The summed E-state index contributed by atoms with van der Waals surface area (Å²) in [5.74, 6) is 0.132. The molecule has 0 radical (unpaired) electrons. The number of carbonyl (C=O) groups is 1. The summed E-state index contributed by atoms with van der Waals surface area (Å²) >= 11 is 15.5. The van der Waals surface area contributed by atoms with E-state index in [1.807, 2.05) is 0 Å². The summed E-state index contributed by atoms with van der Waals surface area (Å²) in [5.41, 5.74) is 3.56. The van der Waals surface area contributed by atoms with Crippen LogP contribution in [0.2, 0.25) is 10.0 Å². The summed E-state index contributed by atoms with van der Waals surface area (Å²) in [6, 6.07) is 14.1. The molecule has 0 aliphatic rings. The summed E-state index contributed by atoms with van der Waals surface area (Å²) in [6.45, 7) is 0.253. The molecule has 0 fully saturated rings. The highest BCUT2D eigenvalue weighted by atomic mass is 79.9. The number of ether oxygens (including phenoxy) is 2. The van der Waals surface area contributed by atoms with Crippen molar-refractivity contribution in [2.75, 3.05) is 7.11 Å². The summed E-state index contributed by atoms with van der Waals surface area (Å²) in [4.78, 5) is 22.8. The molecule has 170 valence electrons. The Labute approximate surface area is 207 Å². The molecular weight excluding hydrogens is 537 g/mol. The van der Waals surface area contributed by atoms with E-state index in [4.69, 9.17) is 32.7 Å². The van der Waals surface area contributed by atoms with Gasteiger partial charge in [-0.3, -0.25) is 14.9 Å². The molecular formula is C22H16BrCl2N3O5. The van der Waals surface area contributed by atoms with Gasteiger partial charge in [0.25, 0.3) is 11.6 Å². The lowest BCUT2D eigenvalue weighted by Crippen LogP contribution is -2.18. The lowest BCUT2D eigenvalue weighted by Gasteiger charge is -2.10. The van der Waals surface area contributed by atoms with Crippen LogP contribution in [0, 0.1) is 10.1 Å². The molecule has 0 unspecified atom stereocenters. The van der Waals surface area contributed by atoms with E-state index in [-0.39, 0.29) is 23.6 Å². The smallest absolute Gasteiger partial charge is 0.275 e. The highest BCUT2D eigenvalue weighted by Gasteiger charge is 2.17. The van der Waals surface area contributed by atoms with E-state index in [1.165, 1.54) is 25.5 Å². The van der Waals surface area contributed by atoms with Crippen LogP contribution in [-0.2, 0) is 6.61 Å². The normalized spacial score (nSPS) is 10.8. The third-order valence-electron chi connectivity index (χ3n) is 4.37. The number of nitro groups is 1. The van der Waals surface area contributed by atoms with Crippen LogP contribution >= 0.6 is 39.1 Å². The minimum Gasteiger partial charge on any atom is -0.496 e. The van der Waals surface area contributed by atoms with Crippen molar-refractivity contribution < 1.29 is 19.2 Å². The van der Waals surface area contributed by atoms with Gasteiger partial charge >= 0.3 is 0 Å². The lowest BCUT2D eigenvalue weighted by atomic mass is 10.1. The Balaban J connectivity index is 1.65. The number of halogens is 3. The average molecular weight is 553 g/mol. The first-order valence-electron chi connectivity index (χ1n) is 9.30. The van der Waals surface area contributed by atoms with Crippen molar-refractivity contribution in [1.29, 1.82) is 0 Å². The molecule has 0 aromatic heterocycles. The molecule has 0 saturated carbocycles. The summed E-state index contributed by atoms with van der Waals surface area (Å²) in [7, 11) is 1.36. The maximum absolute atomic E-state index is 12.4. The number of methoxy groups -OCH3 is 1. The van der Waals surface area contributed by atoms with Crippen molar-refractivity contribution in [2.45, 2.75) is 6.61 Å². The summed E-state index contributed by atoms with van der Waals surface area (Å²) in [6.07, 6.45) is 1.42. The number of carbonyl (C=O) groups excluding carboxylic acids is 1. The molecule has 0 aliphatic heterocycles. The largest absolute Gasteiger partial charge is 0.496 e. The van der Waals surface area contributed by atoms with E-state index in [0.29, 0.717) is 25.8 Å². The molecule has 33 heavy (non-hydrogen) atoms. The molecule has 0 atom stereocenters. The van der Waals surface area contributed by atoms with Crippen LogP contribution in [0.1, 0.15) is 21.5 Å². The molecule has 3 rings (SSSR count). The molecule has 11 heteroatoms. The fourth-order valence-electron chi connectivity index (χ4n) is 2.72. The number of hydrogen-bond acceptors (Lipinski definition) is 6. The van der Waals surface area contributed by atoms with Gasteiger partial charge in [0, 0.05) is 27.7 Å². The van der Waals surface area contributed by atoms with Crippen molar-refractivity contribution in [2.24, 2.45) is 5.10 Å². The molecule has 0 spiro atoms. The van der Waals surface area contributed by atoms with Crippen LogP contribution in [0.5, 0.6) is 11.5 Å². The van der Waals surface area contributed by atoms with Gasteiger partial charge in [0.1, 0.15) is 18.1 Å². The Bertz CT molecular complexity index is 1240. The number of nitro benzene ring substituents is 1. The Morgan fingerprint density at radius 1 is 1.15 bits per heavy atom. The maximum Gasteiger partial charge on any atom is 0.275 e. The monoisotopic (exact) mass is 551 g/mol. The quantitative estimate of drug-likeness (QED) is 0.209. The van der Waals surface area contributed by atoms with E-state index in [2.05, 4.69) is 26.5 Å². The number of hydrazone groups is 1. The van der Waals surface area contributed by atoms with Gasteiger partial charge in [-0.25, -0.2) is 5.43 Å². The molecule has 0 heterocycles. The molecule has 0 bridgehead atoms. The molecule has 1 N–H and O–H groups in total. The van der Waals surface area contributed by atoms with Gasteiger partial charge in [0.2, 0.25) is 0 Å². The zero-order valence-electron chi connectivity index (χ0n) is 17.1. The van der Waals surface area contributed by atoms with Crippen molar-refractivity contribution in [1.82, 2.24) is 5.43 Å². The highest BCUT2D eigenvalue weighted by molar-refractivity contribution is 9.10. The van der Waals surface area contributed by atoms with Gasteiger partial charge in [-0.2, -0.15) is 5.10 Å². The molecule has 8 nitrogen and oxygen atoms in total. The number of hydrogen-bond donors (Lipinski definition) is 1. The third-order valence-corrected chi connectivity index (χ3v) is 5.58. The topological polar surface area (TPSA) is 103 Å². The number of rotatable bonds is 8. The molecule has 0 saturated heterocycles. The summed E-state index contributed by atoms with van der Waals surface area (Å²) in [5, 5.41) is 15.9. The van der Waals surface area contributed by atoms with Crippen LogP contribution in [-0.4, -0.2) is 24.2 Å². The highest BCUT2D eigenvalue weighted by Crippen LogP contribution is 2.28. The van der Waals surface area contributed by atoms with E-state index in [0.717, 1.165) is 11.6 Å². The zero-order valence-corrected chi connectivity index (χ0v) is 20.1. The van der Waals surface area contributed by atoms with Gasteiger partial charge in [-0.05, 0) is 57.9 Å². The second kappa shape index (κ2) is 11.1. The standard InChI is InChI=1S/C22H16BrCl2N3O5/c1-32-20-7-5-16(28(30)31)10-17(20)22(29)27-26-11-13-2-6-21(18(23)8-13)33-12-14-3-4-15(24)9-19(14)25/h2-11H,12H2,1H3,(H,27,29)/b26-11-. The first-order chi connectivity index (χ1) is 15.8. The van der Waals surface area contributed by atoms with E-state index < -0.39 is 10.8 Å². The van der Waals surface area contributed by atoms with E-state index >= 15 is 0 Å². The third kappa shape index (κ3) is 6.44. The Kier molecular flexibility index (Phi) is 8.26. The molecule has 3 aromatic carbocycles. The molecule has 3 aromatic rings. The predicted molar refractivity (Wildman–Crippen MR) is 130 cm³/mol. The SMILES string of the molecule is COc1ccc([N+](=O)[O-])cc1C(=O)N/N=C\c1ccc(OCc2ccc(Cl)cc2Cl)c(Br)c1. The molecule has 1 amide bonds. The Morgan fingerprint density at radius 2 is 1.91 bits per heavy atom.